The molecule has 28 heavy (non-hydrogen) atoms. The number of nitrogens with zero attached hydrogens (tertiary/aromatic N) is 2. The molecule has 4 aliphatic rings. The Morgan fingerprint density at radius 1 is 1.11 bits per heavy atom. The van der Waals surface area contributed by atoms with E-state index in [-0.39, 0.29) is 24.1 Å². The Kier molecular flexibility index (Phi) is 4.25. The van der Waals surface area contributed by atoms with Gasteiger partial charge < -0.3 is 10.6 Å². The van der Waals surface area contributed by atoms with Gasteiger partial charge in [0.25, 0.3) is 5.91 Å². The minimum absolute atomic E-state index is 0.105. The molecule has 3 aliphatic heterocycles. The van der Waals surface area contributed by atoms with Gasteiger partial charge in [-0.2, -0.15) is 0 Å². The highest BCUT2D eigenvalue weighted by Crippen LogP contribution is 2.38. The molecular formula is C21H26N4O3. The average molecular weight is 382 g/mol. The van der Waals surface area contributed by atoms with Crippen LogP contribution < -0.4 is 11.1 Å². The van der Waals surface area contributed by atoms with Crippen molar-refractivity contribution in [3.8, 4) is 0 Å². The molecule has 4 unspecified atom stereocenters. The van der Waals surface area contributed by atoms with Crippen LogP contribution in [0.5, 0.6) is 0 Å². The van der Waals surface area contributed by atoms with Gasteiger partial charge in [0, 0.05) is 44.2 Å². The maximum Gasteiger partial charge on any atom is 0.255 e. The molecule has 3 amide bonds. The van der Waals surface area contributed by atoms with Crippen molar-refractivity contribution in [2.45, 2.75) is 50.9 Å². The lowest BCUT2D eigenvalue weighted by Crippen LogP contribution is -2.52. The van der Waals surface area contributed by atoms with Gasteiger partial charge in [-0.25, -0.2) is 0 Å². The Balaban J connectivity index is 1.34. The molecule has 7 heteroatoms. The fourth-order valence-corrected chi connectivity index (χ4v) is 5.57. The summed E-state index contributed by atoms with van der Waals surface area (Å²) in [7, 11) is 0. The lowest BCUT2D eigenvalue weighted by Gasteiger charge is -2.29. The van der Waals surface area contributed by atoms with E-state index in [1.807, 2.05) is 12.1 Å². The van der Waals surface area contributed by atoms with Crippen LogP contribution in [0, 0.1) is 11.8 Å². The first-order valence-electron chi connectivity index (χ1n) is 10.2. The van der Waals surface area contributed by atoms with Crippen molar-refractivity contribution < 1.29 is 14.4 Å². The van der Waals surface area contributed by atoms with E-state index >= 15 is 0 Å². The van der Waals surface area contributed by atoms with Gasteiger partial charge in [0.2, 0.25) is 11.8 Å². The third-order valence-electron chi connectivity index (χ3n) is 7.06. The molecule has 3 heterocycles. The summed E-state index contributed by atoms with van der Waals surface area (Å²) in [4.78, 5) is 40.7. The number of rotatable bonds is 3. The summed E-state index contributed by atoms with van der Waals surface area (Å²) in [5, 5.41) is 2.36. The summed E-state index contributed by atoms with van der Waals surface area (Å²) in [6, 6.07) is 5.63. The zero-order valence-corrected chi connectivity index (χ0v) is 15.9. The van der Waals surface area contributed by atoms with Crippen LogP contribution in [0.4, 0.5) is 0 Å². The lowest BCUT2D eigenvalue weighted by atomic mass is 9.98. The first-order valence-corrected chi connectivity index (χ1v) is 10.2. The normalized spacial score (nSPS) is 32.6. The van der Waals surface area contributed by atoms with E-state index in [4.69, 9.17) is 5.73 Å². The SMILES string of the molecule is NC1CCC2CN(Cc3cccc4c3CN(C3CCC(=O)NC3=O)C4=O)CC12. The summed E-state index contributed by atoms with van der Waals surface area (Å²) in [5.41, 5.74) is 9.15. The average Bonchev–Trinajstić information content (AvgIpc) is 3.31. The number of likely N-dealkylation sites (tertiary alicyclic amines) is 1. The number of nitrogens with one attached hydrogen (secondary N) is 1. The van der Waals surface area contributed by atoms with Crippen LogP contribution in [0.25, 0.3) is 0 Å². The predicted octanol–water partition coefficient (Wildman–Crippen LogP) is 0.617. The lowest BCUT2D eigenvalue weighted by molar-refractivity contribution is -0.136. The Hall–Kier alpha value is -2.25. The standard InChI is InChI=1S/C21H26N4O3/c22-17-5-4-13-9-24(10-16(13)17)8-12-2-1-3-14-15(12)11-25(21(14)28)18-6-7-19(26)23-20(18)27/h1-3,13,16-18H,4-11,22H2,(H,23,26,27). The Bertz CT molecular complexity index is 854. The van der Waals surface area contributed by atoms with Crippen LogP contribution in [0.15, 0.2) is 18.2 Å². The minimum Gasteiger partial charge on any atom is -0.327 e. The first-order chi connectivity index (χ1) is 13.5. The van der Waals surface area contributed by atoms with E-state index in [1.165, 1.54) is 6.42 Å². The van der Waals surface area contributed by atoms with Gasteiger partial charge in [-0.1, -0.05) is 12.1 Å². The van der Waals surface area contributed by atoms with Gasteiger partial charge in [-0.15, -0.1) is 0 Å². The number of amides is 3. The third-order valence-corrected chi connectivity index (χ3v) is 7.06. The van der Waals surface area contributed by atoms with Crippen LogP contribution in [-0.2, 0) is 22.7 Å². The van der Waals surface area contributed by atoms with E-state index in [9.17, 15) is 14.4 Å². The molecule has 4 atom stereocenters. The molecule has 0 bridgehead atoms. The summed E-state index contributed by atoms with van der Waals surface area (Å²) in [5.74, 6) is 0.572. The molecule has 1 aromatic rings. The van der Waals surface area contributed by atoms with Crippen molar-refractivity contribution in [2.24, 2.45) is 17.6 Å². The number of fused-ring (bicyclic) bond motifs is 2. The second-order valence-electron chi connectivity index (χ2n) is 8.70. The topological polar surface area (TPSA) is 95.7 Å². The first kappa shape index (κ1) is 17.8. The number of carbonyl (C=O) groups is 3. The smallest absolute Gasteiger partial charge is 0.255 e. The second-order valence-corrected chi connectivity index (χ2v) is 8.70. The highest BCUT2D eigenvalue weighted by molar-refractivity contribution is 6.05. The molecule has 148 valence electrons. The fraction of sp³-hybridized carbons (Fsp3) is 0.571. The molecule has 5 rings (SSSR count). The van der Waals surface area contributed by atoms with Crippen LogP contribution in [0.2, 0.25) is 0 Å². The number of benzene rings is 1. The van der Waals surface area contributed by atoms with Crippen molar-refractivity contribution in [3.05, 3.63) is 34.9 Å². The predicted molar refractivity (Wildman–Crippen MR) is 102 cm³/mol. The Morgan fingerprint density at radius 2 is 1.96 bits per heavy atom. The highest BCUT2D eigenvalue weighted by Gasteiger charge is 2.42. The second kappa shape index (κ2) is 6.67. The summed E-state index contributed by atoms with van der Waals surface area (Å²) >= 11 is 0. The molecule has 0 spiro atoms. The van der Waals surface area contributed by atoms with Crippen molar-refractivity contribution >= 4 is 17.7 Å². The molecule has 2 saturated heterocycles. The Morgan fingerprint density at radius 3 is 2.75 bits per heavy atom. The maximum atomic E-state index is 12.9. The van der Waals surface area contributed by atoms with Crippen molar-refractivity contribution in [1.82, 2.24) is 15.1 Å². The molecular weight excluding hydrogens is 356 g/mol. The number of imide groups is 1. The monoisotopic (exact) mass is 382 g/mol. The van der Waals surface area contributed by atoms with Gasteiger partial charge in [-0.05, 0) is 48.3 Å². The Labute approximate surface area is 164 Å². The van der Waals surface area contributed by atoms with E-state index in [0.29, 0.717) is 36.4 Å². The van der Waals surface area contributed by atoms with Crippen molar-refractivity contribution in [1.29, 1.82) is 0 Å². The summed E-state index contributed by atoms with van der Waals surface area (Å²) in [6.07, 6.45) is 3.03. The quantitative estimate of drug-likeness (QED) is 0.747. The van der Waals surface area contributed by atoms with Crippen LogP contribution >= 0.6 is 0 Å². The number of carbonyl (C=O) groups excluding carboxylic acids is 3. The largest absolute Gasteiger partial charge is 0.327 e. The van der Waals surface area contributed by atoms with E-state index < -0.39 is 6.04 Å². The number of nitrogens with two attached hydrogens (primary N) is 1. The molecule has 3 N–H and O–H groups in total. The molecule has 0 aromatic heterocycles. The van der Waals surface area contributed by atoms with E-state index in [0.717, 1.165) is 37.2 Å². The van der Waals surface area contributed by atoms with Gasteiger partial charge in [0.15, 0.2) is 0 Å². The minimum atomic E-state index is -0.561. The summed E-state index contributed by atoms with van der Waals surface area (Å²) in [6.45, 7) is 3.36. The molecule has 1 saturated carbocycles. The zero-order chi connectivity index (χ0) is 19.4. The van der Waals surface area contributed by atoms with E-state index in [2.05, 4.69) is 16.3 Å². The van der Waals surface area contributed by atoms with Crippen LogP contribution in [-0.4, -0.2) is 52.7 Å². The third kappa shape index (κ3) is 2.84. The van der Waals surface area contributed by atoms with Crippen molar-refractivity contribution in [2.75, 3.05) is 13.1 Å². The molecule has 1 aromatic carbocycles. The number of piperidine rings is 1. The van der Waals surface area contributed by atoms with Gasteiger partial charge >= 0.3 is 0 Å². The highest BCUT2D eigenvalue weighted by atomic mass is 16.2. The van der Waals surface area contributed by atoms with Crippen LogP contribution in [0.1, 0.15) is 47.2 Å². The van der Waals surface area contributed by atoms with Gasteiger partial charge in [0.05, 0.1) is 0 Å². The molecule has 0 radical (unpaired) electrons. The number of hydrogen-bond donors (Lipinski definition) is 2. The number of hydrogen-bond acceptors (Lipinski definition) is 5. The molecule has 3 fully saturated rings. The summed E-state index contributed by atoms with van der Waals surface area (Å²) < 4.78 is 0. The van der Waals surface area contributed by atoms with Gasteiger partial charge in [-0.3, -0.25) is 24.6 Å². The van der Waals surface area contributed by atoms with Gasteiger partial charge in [0.1, 0.15) is 6.04 Å². The van der Waals surface area contributed by atoms with E-state index in [1.54, 1.807) is 4.90 Å². The van der Waals surface area contributed by atoms with Crippen LogP contribution in [0.3, 0.4) is 0 Å². The zero-order valence-electron chi connectivity index (χ0n) is 15.9. The molecule has 1 aliphatic carbocycles. The maximum absolute atomic E-state index is 12.9. The fourth-order valence-electron chi connectivity index (χ4n) is 5.57. The molecule has 7 nitrogen and oxygen atoms in total. The van der Waals surface area contributed by atoms with Crippen molar-refractivity contribution in [3.63, 3.8) is 0 Å².